The first-order valence-corrected chi connectivity index (χ1v) is 17.7. The van der Waals surface area contributed by atoms with Gasteiger partial charge >= 0.3 is 5.97 Å². The standard InChI is InChI=1S/C40H52O4Si/c1-5-6-7-8-9-16-26-37(29-28-33-20-19-25-36(31-33)38(43-32(2)42)27-17-18-30-41)44-45-40(3,4)39(34-21-12-10-13-22-34)35-23-14-11-15-24-35/h10-15,19-25,28-31,37-39H,5-9,16-18,26-27H2,1-4H3/b29-28+. The fraction of sp³-hybridized carbons (Fsp3) is 0.450. The van der Waals surface area contributed by atoms with E-state index in [9.17, 15) is 9.59 Å². The van der Waals surface area contributed by atoms with Crippen molar-refractivity contribution in [1.29, 1.82) is 0 Å². The molecule has 0 bridgehead atoms. The summed E-state index contributed by atoms with van der Waals surface area (Å²) in [6.45, 7) is 8.34. The smallest absolute Gasteiger partial charge is 0.303 e. The number of ether oxygens (including phenoxy) is 1. The van der Waals surface area contributed by atoms with E-state index in [1.54, 1.807) is 0 Å². The van der Waals surface area contributed by atoms with E-state index in [2.05, 4.69) is 106 Å². The molecule has 0 spiro atoms. The Kier molecular flexibility index (Phi) is 16.1. The number of benzene rings is 3. The molecule has 0 aromatic heterocycles. The van der Waals surface area contributed by atoms with Crippen molar-refractivity contribution in [3.63, 3.8) is 0 Å². The van der Waals surface area contributed by atoms with Gasteiger partial charge in [-0.25, -0.2) is 0 Å². The van der Waals surface area contributed by atoms with Gasteiger partial charge in [0.1, 0.15) is 12.4 Å². The lowest BCUT2D eigenvalue weighted by atomic mass is 9.82. The van der Waals surface area contributed by atoms with Crippen LogP contribution in [0.1, 0.15) is 126 Å². The van der Waals surface area contributed by atoms with Crippen LogP contribution in [0, 0.1) is 0 Å². The highest BCUT2D eigenvalue weighted by Gasteiger charge is 2.34. The molecule has 0 amide bonds. The third-order valence-electron chi connectivity index (χ3n) is 8.19. The Morgan fingerprint density at radius 2 is 1.42 bits per heavy atom. The van der Waals surface area contributed by atoms with Gasteiger partial charge in [0.25, 0.3) is 0 Å². The Labute approximate surface area is 274 Å². The number of hydrogen-bond donors (Lipinski definition) is 0. The van der Waals surface area contributed by atoms with Crippen molar-refractivity contribution < 1.29 is 18.8 Å². The molecular formula is C40H52O4Si. The Bertz CT molecular complexity index is 1250. The van der Waals surface area contributed by atoms with Gasteiger partial charge in [0.2, 0.25) is 9.76 Å². The van der Waals surface area contributed by atoms with Crippen LogP contribution in [0.5, 0.6) is 0 Å². The molecule has 2 atom stereocenters. The van der Waals surface area contributed by atoms with Gasteiger partial charge in [0.05, 0.1) is 6.10 Å². The SMILES string of the molecule is CCCCCCCCC(/C=C/c1cccc(C(CCCC=O)OC(C)=O)c1)O[Si]C(C)(C)C(c1ccccc1)c1ccccc1. The van der Waals surface area contributed by atoms with Crippen LogP contribution >= 0.6 is 0 Å². The first-order valence-electron chi connectivity index (χ1n) is 16.8. The van der Waals surface area contributed by atoms with E-state index in [-0.39, 0.29) is 29.1 Å². The highest BCUT2D eigenvalue weighted by molar-refractivity contribution is 6.32. The summed E-state index contributed by atoms with van der Waals surface area (Å²) < 4.78 is 12.4. The number of unbranched alkanes of at least 4 members (excludes halogenated alkanes) is 6. The highest BCUT2D eigenvalue weighted by Crippen LogP contribution is 2.46. The van der Waals surface area contributed by atoms with Crippen molar-refractivity contribution in [3.05, 3.63) is 113 Å². The van der Waals surface area contributed by atoms with Crippen molar-refractivity contribution in [2.75, 3.05) is 0 Å². The molecule has 3 aromatic rings. The molecule has 0 fully saturated rings. The summed E-state index contributed by atoms with van der Waals surface area (Å²) in [5.74, 6) is -0.0987. The minimum atomic E-state index is -0.360. The lowest BCUT2D eigenvalue weighted by Crippen LogP contribution is -2.28. The molecule has 0 N–H and O–H groups in total. The summed E-state index contributed by atoms with van der Waals surface area (Å²) in [6.07, 6.45) is 15.1. The monoisotopic (exact) mass is 624 g/mol. The van der Waals surface area contributed by atoms with Gasteiger partial charge in [0, 0.05) is 19.3 Å². The highest BCUT2D eigenvalue weighted by atomic mass is 28.2. The van der Waals surface area contributed by atoms with Crippen LogP contribution in [0.2, 0.25) is 5.04 Å². The first-order chi connectivity index (χ1) is 21.8. The Morgan fingerprint density at radius 3 is 2.04 bits per heavy atom. The van der Waals surface area contributed by atoms with E-state index < -0.39 is 0 Å². The van der Waals surface area contributed by atoms with Gasteiger partial charge in [0.15, 0.2) is 0 Å². The molecule has 0 heterocycles. The van der Waals surface area contributed by atoms with E-state index in [4.69, 9.17) is 9.16 Å². The molecule has 5 heteroatoms. The summed E-state index contributed by atoms with van der Waals surface area (Å²) in [5, 5.41) is -0.116. The summed E-state index contributed by atoms with van der Waals surface area (Å²) in [5.41, 5.74) is 4.61. The Morgan fingerprint density at radius 1 is 0.800 bits per heavy atom. The summed E-state index contributed by atoms with van der Waals surface area (Å²) >= 11 is 0. The van der Waals surface area contributed by atoms with Crippen LogP contribution in [0.25, 0.3) is 6.08 Å². The van der Waals surface area contributed by atoms with Gasteiger partial charge in [-0.3, -0.25) is 4.79 Å². The van der Waals surface area contributed by atoms with E-state index in [1.807, 2.05) is 12.1 Å². The topological polar surface area (TPSA) is 52.6 Å². The van der Waals surface area contributed by atoms with E-state index >= 15 is 0 Å². The van der Waals surface area contributed by atoms with Crippen molar-refractivity contribution in [2.24, 2.45) is 0 Å². The Balaban J connectivity index is 1.79. The lowest BCUT2D eigenvalue weighted by Gasteiger charge is -2.35. The number of esters is 1. The molecule has 0 aliphatic rings. The normalized spacial score (nSPS) is 13.2. The number of rotatable bonds is 21. The van der Waals surface area contributed by atoms with Gasteiger partial charge in [-0.1, -0.05) is 150 Å². The molecule has 240 valence electrons. The largest absolute Gasteiger partial charge is 0.458 e. The number of carbonyl (C=O) groups excluding carboxylic acids is 2. The first kappa shape index (κ1) is 36.2. The quantitative estimate of drug-likeness (QED) is 0.0512. The maximum absolute atomic E-state index is 11.8. The third kappa shape index (κ3) is 12.9. The van der Waals surface area contributed by atoms with Crippen molar-refractivity contribution >= 4 is 28.1 Å². The predicted molar refractivity (Wildman–Crippen MR) is 187 cm³/mol. The fourth-order valence-corrected chi connectivity index (χ4v) is 6.99. The zero-order chi connectivity index (χ0) is 32.3. The zero-order valence-corrected chi connectivity index (χ0v) is 28.8. The predicted octanol–water partition coefficient (Wildman–Crippen LogP) is 10.5. The lowest BCUT2D eigenvalue weighted by molar-refractivity contribution is -0.147. The Hall–Kier alpha value is -3.28. The van der Waals surface area contributed by atoms with Crippen LogP contribution in [0.4, 0.5) is 0 Å². The number of aldehydes is 1. The molecule has 3 aromatic carbocycles. The van der Waals surface area contributed by atoms with E-state index in [1.165, 1.54) is 50.2 Å². The molecule has 0 saturated carbocycles. The van der Waals surface area contributed by atoms with Gasteiger partial charge in [-0.2, -0.15) is 0 Å². The molecule has 4 nitrogen and oxygen atoms in total. The molecule has 0 aliphatic carbocycles. The number of hydrogen-bond acceptors (Lipinski definition) is 4. The second kappa shape index (κ2) is 20.0. The minimum Gasteiger partial charge on any atom is -0.458 e. The summed E-state index contributed by atoms with van der Waals surface area (Å²) in [4.78, 5) is 22.7. The average molecular weight is 625 g/mol. The van der Waals surface area contributed by atoms with E-state index in [0.29, 0.717) is 29.0 Å². The zero-order valence-electron chi connectivity index (χ0n) is 27.8. The summed E-state index contributed by atoms with van der Waals surface area (Å²) in [6, 6.07) is 29.7. The van der Waals surface area contributed by atoms with Crippen molar-refractivity contribution in [2.45, 2.75) is 115 Å². The maximum Gasteiger partial charge on any atom is 0.303 e. The van der Waals surface area contributed by atoms with Gasteiger partial charge in [-0.15, -0.1) is 0 Å². The van der Waals surface area contributed by atoms with Crippen molar-refractivity contribution in [1.82, 2.24) is 0 Å². The third-order valence-corrected chi connectivity index (χ3v) is 9.42. The summed E-state index contributed by atoms with van der Waals surface area (Å²) in [7, 11) is 0.303. The van der Waals surface area contributed by atoms with Crippen LogP contribution in [-0.4, -0.2) is 28.1 Å². The van der Waals surface area contributed by atoms with Gasteiger partial charge < -0.3 is 14.0 Å². The van der Waals surface area contributed by atoms with Crippen LogP contribution in [-0.2, 0) is 18.8 Å². The minimum absolute atomic E-state index is 0.00138. The number of carbonyl (C=O) groups is 2. The maximum atomic E-state index is 11.8. The van der Waals surface area contributed by atoms with Crippen LogP contribution < -0.4 is 0 Å². The fourth-order valence-electron chi connectivity index (χ4n) is 5.89. The van der Waals surface area contributed by atoms with Gasteiger partial charge in [-0.05, 0) is 52.6 Å². The molecule has 0 saturated heterocycles. The molecule has 45 heavy (non-hydrogen) atoms. The van der Waals surface area contributed by atoms with E-state index in [0.717, 1.165) is 30.3 Å². The van der Waals surface area contributed by atoms with Crippen LogP contribution in [0.15, 0.2) is 91.0 Å². The van der Waals surface area contributed by atoms with Crippen molar-refractivity contribution in [3.8, 4) is 0 Å². The molecular weight excluding hydrogens is 573 g/mol. The van der Waals surface area contributed by atoms with Crippen LogP contribution in [0.3, 0.4) is 0 Å². The second-order valence-corrected chi connectivity index (χ2v) is 14.2. The molecule has 3 rings (SSSR count). The molecule has 2 unspecified atom stereocenters. The second-order valence-electron chi connectivity index (χ2n) is 12.5. The molecule has 0 aliphatic heterocycles. The average Bonchev–Trinajstić information content (AvgIpc) is 3.04. The molecule has 2 radical (unpaired) electrons.